The molecule has 1 nitrogen and oxygen atoms in total. The first-order valence-corrected chi connectivity index (χ1v) is 5.09. The third-order valence-electron chi connectivity index (χ3n) is 2.70. The van der Waals surface area contributed by atoms with Gasteiger partial charge >= 0.3 is 0 Å². The maximum Gasteiger partial charge on any atom is 0.109 e. The fourth-order valence-electron chi connectivity index (χ4n) is 1.69. The smallest absolute Gasteiger partial charge is 0.109 e. The first-order chi connectivity index (χ1) is 6.35. The summed E-state index contributed by atoms with van der Waals surface area (Å²) in [4.78, 5) is 0. The van der Waals surface area contributed by atoms with Gasteiger partial charge in [-0.1, -0.05) is 38.1 Å². The van der Waals surface area contributed by atoms with Crippen LogP contribution in [0.4, 0.5) is 0 Å². The molecule has 13 heavy (non-hydrogen) atoms. The third kappa shape index (κ3) is 1.75. The van der Waals surface area contributed by atoms with Gasteiger partial charge < -0.3 is 4.74 Å². The Morgan fingerprint density at radius 1 is 1.15 bits per heavy atom. The number of hydrogen-bond acceptors (Lipinski definition) is 1. The van der Waals surface area contributed by atoms with Crippen LogP contribution in [0.15, 0.2) is 24.3 Å². The molecule has 0 bridgehead atoms. The molecule has 0 saturated carbocycles. The Hall–Kier alpha value is -0.820. The number of benzene rings is 1. The van der Waals surface area contributed by atoms with E-state index in [0.717, 1.165) is 12.8 Å². The molecule has 1 aliphatic heterocycles. The molecule has 0 spiro atoms. The van der Waals surface area contributed by atoms with Gasteiger partial charge in [-0.15, -0.1) is 0 Å². The number of epoxide rings is 1. The zero-order valence-electron chi connectivity index (χ0n) is 8.29. The molecule has 1 heteroatoms. The number of hydrogen-bond donors (Lipinski definition) is 0. The molecule has 1 fully saturated rings. The Kier molecular flexibility index (Phi) is 2.36. The molecule has 70 valence electrons. The van der Waals surface area contributed by atoms with E-state index in [9.17, 15) is 0 Å². The highest BCUT2D eigenvalue weighted by Gasteiger charge is 2.37. The van der Waals surface area contributed by atoms with E-state index in [1.54, 1.807) is 0 Å². The quantitative estimate of drug-likeness (QED) is 0.645. The molecule has 1 aromatic carbocycles. The van der Waals surface area contributed by atoms with Crippen molar-refractivity contribution in [3.63, 3.8) is 0 Å². The summed E-state index contributed by atoms with van der Waals surface area (Å²) in [7, 11) is 0. The minimum absolute atomic E-state index is 0.385. The number of aryl methyl sites for hydroxylation is 1. The summed E-state index contributed by atoms with van der Waals surface area (Å²) >= 11 is 0. The third-order valence-corrected chi connectivity index (χ3v) is 2.70. The molecular weight excluding hydrogens is 160 g/mol. The normalized spacial score (nSPS) is 26.0. The second-order valence-corrected chi connectivity index (χ2v) is 3.60. The van der Waals surface area contributed by atoms with Crippen LogP contribution in [0.5, 0.6) is 0 Å². The van der Waals surface area contributed by atoms with Gasteiger partial charge in [-0.2, -0.15) is 0 Å². The van der Waals surface area contributed by atoms with Crippen LogP contribution in [0.2, 0.25) is 0 Å². The second-order valence-electron chi connectivity index (χ2n) is 3.60. The van der Waals surface area contributed by atoms with Crippen molar-refractivity contribution in [3.05, 3.63) is 35.4 Å². The van der Waals surface area contributed by atoms with Gasteiger partial charge in [0.15, 0.2) is 0 Å². The second kappa shape index (κ2) is 3.51. The van der Waals surface area contributed by atoms with Crippen LogP contribution in [-0.4, -0.2) is 6.10 Å². The molecule has 2 atom stereocenters. The maximum atomic E-state index is 5.53. The Labute approximate surface area is 79.7 Å². The molecule has 0 N–H and O–H groups in total. The lowest BCUT2D eigenvalue weighted by Crippen LogP contribution is -1.87. The lowest BCUT2D eigenvalue weighted by atomic mass is 10.1. The lowest BCUT2D eigenvalue weighted by Gasteiger charge is -1.98. The SMILES string of the molecule is CCc1ccc(C2OC2CC)cc1. The van der Waals surface area contributed by atoms with Gasteiger partial charge in [0, 0.05) is 0 Å². The van der Waals surface area contributed by atoms with Crippen molar-refractivity contribution < 1.29 is 4.74 Å². The van der Waals surface area contributed by atoms with E-state index in [0.29, 0.717) is 12.2 Å². The molecule has 0 amide bonds. The predicted octanol–water partition coefficient (Wildman–Crippen LogP) is 3.10. The highest BCUT2D eigenvalue weighted by Crippen LogP contribution is 2.40. The fraction of sp³-hybridized carbons (Fsp3) is 0.500. The molecule has 1 saturated heterocycles. The van der Waals surface area contributed by atoms with Gasteiger partial charge in [-0.25, -0.2) is 0 Å². The van der Waals surface area contributed by atoms with Crippen LogP contribution in [0.25, 0.3) is 0 Å². The van der Waals surface area contributed by atoms with E-state index in [-0.39, 0.29) is 0 Å². The minimum Gasteiger partial charge on any atom is -0.365 e. The predicted molar refractivity (Wildman–Crippen MR) is 53.7 cm³/mol. The van der Waals surface area contributed by atoms with Gasteiger partial charge in [0.1, 0.15) is 6.10 Å². The van der Waals surface area contributed by atoms with Crippen molar-refractivity contribution in [2.75, 3.05) is 0 Å². The van der Waals surface area contributed by atoms with E-state index < -0.39 is 0 Å². The topological polar surface area (TPSA) is 12.5 Å². The molecule has 1 aliphatic rings. The van der Waals surface area contributed by atoms with E-state index in [1.165, 1.54) is 11.1 Å². The summed E-state index contributed by atoms with van der Waals surface area (Å²) in [6, 6.07) is 8.78. The molecule has 1 aromatic rings. The first-order valence-electron chi connectivity index (χ1n) is 5.09. The van der Waals surface area contributed by atoms with Crippen molar-refractivity contribution in [2.45, 2.75) is 38.9 Å². The van der Waals surface area contributed by atoms with Crippen molar-refractivity contribution in [3.8, 4) is 0 Å². The summed E-state index contributed by atoms with van der Waals surface area (Å²) in [5.41, 5.74) is 2.74. The summed E-state index contributed by atoms with van der Waals surface area (Å²) in [6.07, 6.45) is 3.10. The van der Waals surface area contributed by atoms with E-state index >= 15 is 0 Å². The van der Waals surface area contributed by atoms with Crippen LogP contribution in [0.1, 0.15) is 37.5 Å². The molecule has 1 heterocycles. The molecule has 2 unspecified atom stereocenters. The average molecular weight is 176 g/mol. The van der Waals surface area contributed by atoms with Crippen LogP contribution in [0, 0.1) is 0 Å². The summed E-state index contributed by atoms with van der Waals surface area (Å²) in [5, 5.41) is 0. The number of rotatable bonds is 3. The summed E-state index contributed by atoms with van der Waals surface area (Å²) < 4.78 is 5.53. The zero-order valence-corrected chi connectivity index (χ0v) is 8.29. The zero-order chi connectivity index (χ0) is 9.26. The van der Waals surface area contributed by atoms with Crippen molar-refractivity contribution in [1.82, 2.24) is 0 Å². The average Bonchev–Trinajstić information content (AvgIpc) is 2.97. The Morgan fingerprint density at radius 3 is 2.31 bits per heavy atom. The fourth-order valence-corrected chi connectivity index (χ4v) is 1.69. The molecule has 0 aliphatic carbocycles. The van der Waals surface area contributed by atoms with Crippen molar-refractivity contribution in [1.29, 1.82) is 0 Å². The molecule has 0 aromatic heterocycles. The Balaban J connectivity index is 2.07. The van der Waals surface area contributed by atoms with E-state index in [1.807, 2.05) is 0 Å². The summed E-state index contributed by atoms with van der Waals surface area (Å²) in [5.74, 6) is 0. The molecule has 0 radical (unpaired) electrons. The van der Waals surface area contributed by atoms with Crippen LogP contribution < -0.4 is 0 Å². The van der Waals surface area contributed by atoms with Gasteiger partial charge in [-0.3, -0.25) is 0 Å². The van der Waals surface area contributed by atoms with Crippen LogP contribution >= 0.6 is 0 Å². The lowest BCUT2D eigenvalue weighted by molar-refractivity contribution is 0.370. The van der Waals surface area contributed by atoms with Gasteiger partial charge in [0.2, 0.25) is 0 Å². The Bertz CT molecular complexity index is 276. The van der Waals surface area contributed by atoms with Gasteiger partial charge in [0.05, 0.1) is 6.10 Å². The monoisotopic (exact) mass is 176 g/mol. The summed E-state index contributed by atoms with van der Waals surface area (Å²) in [6.45, 7) is 4.35. The van der Waals surface area contributed by atoms with Crippen molar-refractivity contribution in [2.24, 2.45) is 0 Å². The van der Waals surface area contributed by atoms with E-state index in [4.69, 9.17) is 4.74 Å². The minimum atomic E-state index is 0.385. The molecular formula is C12H16O. The first kappa shape index (κ1) is 8.76. The highest BCUT2D eigenvalue weighted by atomic mass is 16.6. The van der Waals surface area contributed by atoms with Crippen molar-refractivity contribution >= 4 is 0 Å². The standard InChI is InChI=1S/C12H16O/c1-3-9-5-7-10(8-6-9)12-11(4-2)13-12/h5-8,11-12H,3-4H2,1-2H3. The largest absolute Gasteiger partial charge is 0.365 e. The van der Waals surface area contributed by atoms with E-state index in [2.05, 4.69) is 38.1 Å². The van der Waals surface area contributed by atoms with Crippen LogP contribution in [0.3, 0.4) is 0 Å². The van der Waals surface area contributed by atoms with Gasteiger partial charge in [-0.05, 0) is 24.0 Å². The van der Waals surface area contributed by atoms with Crippen LogP contribution in [-0.2, 0) is 11.2 Å². The maximum absolute atomic E-state index is 5.53. The number of ether oxygens (including phenoxy) is 1. The Morgan fingerprint density at radius 2 is 1.85 bits per heavy atom. The molecule has 2 rings (SSSR count). The highest BCUT2D eigenvalue weighted by molar-refractivity contribution is 5.27. The van der Waals surface area contributed by atoms with Gasteiger partial charge in [0.25, 0.3) is 0 Å².